The molecule has 0 amide bonds. The van der Waals surface area contributed by atoms with Gasteiger partial charge in [0.2, 0.25) is 0 Å². The van der Waals surface area contributed by atoms with Gasteiger partial charge < -0.3 is 4.79 Å². The van der Waals surface area contributed by atoms with Crippen LogP contribution in [0.3, 0.4) is 0 Å². The number of rotatable bonds is 5. The molecule has 70 valence electrons. The number of aldehydes is 1. The van der Waals surface area contributed by atoms with E-state index in [2.05, 4.69) is 0 Å². The van der Waals surface area contributed by atoms with Crippen molar-refractivity contribution in [2.45, 2.75) is 12.2 Å². The first kappa shape index (κ1) is 10.6. The van der Waals surface area contributed by atoms with Crippen LogP contribution < -0.4 is 0 Å². The Morgan fingerprint density at radius 1 is 1.31 bits per heavy atom. The van der Waals surface area contributed by atoms with Gasteiger partial charge in [0.15, 0.2) is 0 Å². The fourth-order valence-electron chi connectivity index (χ4n) is 0.902. The summed E-state index contributed by atoms with van der Waals surface area (Å²) in [7, 11) is 0. The van der Waals surface area contributed by atoms with Crippen molar-refractivity contribution in [3.05, 3.63) is 34.9 Å². The standard InChI is InChI=1S/C10H11ClOS/c11-10-4-2-9(3-5-10)8-13-7-1-6-12/h2-6H,1,7-8H2. The molecule has 0 N–H and O–H groups in total. The molecule has 0 aliphatic heterocycles. The largest absolute Gasteiger partial charge is 0.303 e. The highest BCUT2D eigenvalue weighted by molar-refractivity contribution is 7.98. The van der Waals surface area contributed by atoms with Crippen LogP contribution in [0.1, 0.15) is 12.0 Å². The van der Waals surface area contributed by atoms with Gasteiger partial charge >= 0.3 is 0 Å². The first-order valence-corrected chi connectivity index (χ1v) is 5.62. The van der Waals surface area contributed by atoms with E-state index in [1.807, 2.05) is 24.3 Å². The molecule has 1 rings (SSSR count). The summed E-state index contributed by atoms with van der Waals surface area (Å²) in [5.74, 6) is 1.84. The molecular weight excluding hydrogens is 204 g/mol. The van der Waals surface area contributed by atoms with Crippen molar-refractivity contribution in [1.82, 2.24) is 0 Å². The molecule has 0 heterocycles. The van der Waals surface area contributed by atoms with Crippen molar-refractivity contribution in [3.63, 3.8) is 0 Å². The Morgan fingerprint density at radius 3 is 2.62 bits per heavy atom. The second kappa shape index (κ2) is 6.06. The van der Waals surface area contributed by atoms with E-state index in [9.17, 15) is 4.79 Å². The molecular formula is C10H11ClOS. The summed E-state index contributed by atoms with van der Waals surface area (Å²) in [6, 6.07) is 7.79. The third-order valence-corrected chi connectivity index (χ3v) is 2.88. The molecule has 1 nitrogen and oxygen atoms in total. The zero-order valence-electron chi connectivity index (χ0n) is 7.20. The van der Waals surface area contributed by atoms with Crippen molar-refractivity contribution in [2.75, 3.05) is 5.75 Å². The number of carbonyl (C=O) groups excluding carboxylic acids is 1. The second-order valence-electron chi connectivity index (χ2n) is 2.63. The molecule has 0 aliphatic rings. The lowest BCUT2D eigenvalue weighted by molar-refractivity contribution is -0.107. The Balaban J connectivity index is 2.28. The van der Waals surface area contributed by atoms with E-state index in [0.717, 1.165) is 22.8 Å². The van der Waals surface area contributed by atoms with Gasteiger partial charge in [-0.15, -0.1) is 0 Å². The van der Waals surface area contributed by atoms with Gasteiger partial charge in [-0.1, -0.05) is 23.7 Å². The summed E-state index contributed by atoms with van der Waals surface area (Å²) in [6.07, 6.45) is 1.59. The Labute approximate surface area is 87.5 Å². The highest BCUT2D eigenvalue weighted by Gasteiger charge is 1.93. The zero-order valence-corrected chi connectivity index (χ0v) is 8.77. The van der Waals surface area contributed by atoms with E-state index in [0.29, 0.717) is 6.42 Å². The van der Waals surface area contributed by atoms with Crippen LogP contribution in [0.25, 0.3) is 0 Å². The number of thioether (sulfide) groups is 1. The molecule has 1 aromatic rings. The van der Waals surface area contributed by atoms with E-state index in [-0.39, 0.29) is 0 Å². The topological polar surface area (TPSA) is 17.1 Å². The van der Waals surface area contributed by atoms with Gasteiger partial charge in [0.1, 0.15) is 6.29 Å². The maximum absolute atomic E-state index is 10.0. The Morgan fingerprint density at radius 2 is 2.00 bits per heavy atom. The Kier molecular flexibility index (Phi) is 4.94. The van der Waals surface area contributed by atoms with Crippen molar-refractivity contribution in [1.29, 1.82) is 0 Å². The van der Waals surface area contributed by atoms with E-state index in [1.54, 1.807) is 11.8 Å². The summed E-state index contributed by atoms with van der Waals surface area (Å²) in [5.41, 5.74) is 1.25. The van der Waals surface area contributed by atoms with E-state index >= 15 is 0 Å². The molecule has 13 heavy (non-hydrogen) atoms. The van der Waals surface area contributed by atoms with Gasteiger partial charge in [-0.2, -0.15) is 11.8 Å². The highest BCUT2D eigenvalue weighted by Crippen LogP contribution is 2.15. The van der Waals surface area contributed by atoms with Gasteiger partial charge in [0.25, 0.3) is 0 Å². The number of benzene rings is 1. The van der Waals surface area contributed by atoms with Crippen molar-refractivity contribution >= 4 is 29.6 Å². The minimum absolute atomic E-state index is 0.637. The molecule has 3 heteroatoms. The second-order valence-corrected chi connectivity index (χ2v) is 4.18. The first-order chi connectivity index (χ1) is 6.33. The number of carbonyl (C=O) groups is 1. The molecule has 0 bridgehead atoms. The summed E-state index contributed by atoms with van der Waals surface area (Å²) < 4.78 is 0. The molecule has 0 aromatic heterocycles. The highest BCUT2D eigenvalue weighted by atomic mass is 35.5. The van der Waals surface area contributed by atoms with Crippen molar-refractivity contribution in [2.24, 2.45) is 0 Å². The number of hydrogen-bond acceptors (Lipinski definition) is 2. The molecule has 0 unspecified atom stereocenters. The number of halogens is 1. The van der Waals surface area contributed by atoms with Crippen molar-refractivity contribution in [3.8, 4) is 0 Å². The fraction of sp³-hybridized carbons (Fsp3) is 0.300. The van der Waals surface area contributed by atoms with Crippen molar-refractivity contribution < 1.29 is 4.79 Å². The van der Waals surface area contributed by atoms with E-state index in [4.69, 9.17) is 11.6 Å². The predicted octanol–water partition coefficient (Wildman–Crippen LogP) is 3.16. The van der Waals surface area contributed by atoms with Crippen LogP contribution in [0, 0.1) is 0 Å². The van der Waals surface area contributed by atoms with Gasteiger partial charge in [-0.3, -0.25) is 0 Å². The third-order valence-electron chi connectivity index (χ3n) is 1.56. The Hall–Kier alpha value is -0.470. The molecule has 0 atom stereocenters. The lowest BCUT2D eigenvalue weighted by Gasteiger charge is -1.99. The first-order valence-electron chi connectivity index (χ1n) is 4.09. The average Bonchev–Trinajstić information content (AvgIpc) is 2.15. The molecule has 0 saturated carbocycles. The van der Waals surface area contributed by atoms with Crippen LogP contribution >= 0.6 is 23.4 Å². The van der Waals surface area contributed by atoms with Crippen LogP contribution in [0.15, 0.2) is 24.3 Å². The van der Waals surface area contributed by atoms with Crippen LogP contribution in [0.4, 0.5) is 0 Å². The van der Waals surface area contributed by atoms with Gasteiger partial charge in [-0.05, 0) is 17.7 Å². The SMILES string of the molecule is O=CCCSCc1ccc(Cl)cc1. The molecule has 0 radical (unpaired) electrons. The van der Waals surface area contributed by atoms with Crippen LogP contribution in [-0.4, -0.2) is 12.0 Å². The van der Waals surface area contributed by atoms with Gasteiger partial charge in [0.05, 0.1) is 0 Å². The smallest absolute Gasteiger partial charge is 0.120 e. The minimum Gasteiger partial charge on any atom is -0.303 e. The normalized spacial score (nSPS) is 9.92. The summed E-state index contributed by atoms with van der Waals surface area (Å²) in [6.45, 7) is 0. The van der Waals surface area contributed by atoms with Gasteiger partial charge in [0, 0.05) is 22.9 Å². The molecule has 0 fully saturated rings. The van der Waals surface area contributed by atoms with Crippen LogP contribution in [0.5, 0.6) is 0 Å². The minimum atomic E-state index is 0.637. The fourth-order valence-corrected chi connectivity index (χ4v) is 1.86. The predicted molar refractivity (Wildman–Crippen MR) is 58.3 cm³/mol. The maximum atomic E-state index is 10.0. The molecule has 0 spiro atoms. The summed E-state index contributed by atoms with van der Waals surface area (Å²) >= 11 is 7.50. The number of hydrogen-bond donors (Lipinski definition) is 0. The quantitative estimate of drug-likeness (QED) is 0.553. The van der Waals surface area contributed by atoms with E-state index in [1.165, 1.54) is 5.56 Å². The summed E-state index contributed by atoms with van der Waals surface area (Å²) in [4.78, 5) is 10.0. The third kappa shape index (κ3) is 4.34. The zero-order chi connectivity index (χ0) is 9.52. The van der Waals surface area contributed by atoms with E-state index < -0.39 is 0 Å². The molecule has 0 saturated heterocycles. The maximum Gasteiger partial charge on any atom is 0.120 e. The van der Waals surface area contributed by atoms with Crippen LogP contribution in [0.2, 0.25) is 5.02 Å². The average molecular weight is 215 g/mol. The monoisotopic (exact) mass is 214 g/mol. The van der Waals surface area contributed by atoms with Crippen LogP contribution in [-0.2, 0) is 10.5 Å². The molecule has 0 aliphatic carbocycles. The Bertz CT molecular complexity index is 258. The summed E-state index contributed by atoms with van der Waals surface area (Å²) in [5, 5.41) is 0.765. The molecule has 1 aromatic carbocycles. The lowest BCUT2D eigenvalue weighted by Crippen LogP contribution is -1.83. The lowest BCUT2D eigenvalue weighted by atomic mass is 10.2. The van der Waals surface area contributed by atoms with Gasteiger partial charge in [-0.25, -0.2) is 0 Å².